The van der Waals surface area contributed by atoms with Crippen LogP contribution in [0.1, 0.15) is 5.56 Å². The highest BCUT2D eigenvalue weighted by molar-refractivity contribution is 5.42. The van der Waals surface area contributed by atoms with E-state index in [-0.39, 0.29) is 11.4 Å². The van der Waals surface area contributed by atoms with E-state index in [2.05, 4.69) is 9.72 Å². The van der Waals surface area contributed by atoms with Gasteiger partial charge in [0.25, 0.3) is 0 Å². The first-order valence-corrected chi connectivity index (χ1v) is 3.53. The number of ether oxygens (including phenoxy) is 1. The molecule has 4 nitrogen and oxygen atoms in total. The average molecular weight is 208 g/mol. The molecule has 1 heterocycles. The van der Waals surface area contributed by atoms with Gasteiger partial charge in [-0.15, -0.1) is 13.2 Å². The second-order valence-electron chi connectivity index (χ2n) is 2.42. The number of pyridine rings is 1. The van der Waals surface area contributed by atoms with Crippen LogP contribution in [-0.2, 0) is 6.61 Å². The summed E-state index contributed by atoms with van der Waals surface area (Å²) in [6, 6.07) is 0.982. The minimum Gasteiger partial charge on any atom is -0.404 e. The van der Waals surface area contributed by atoms with Gasteiger partial charge in [-0.3, -0.25) is 0 Å². The van der Waals surface area contributed by atoms with E-state index in [1.54, 1.807) is 0 Å². The number of halogens is 3. The fourth-order valence-electron chi connectivity index (χ4n) is 0.815. The molecule has 1 rings (SSSR count). The quantitative estimate of drug-likeness (QED) is 0.762. The number of aliphatic hydroxyl groups excluding tert-OH is 1. The molecular weight excluding hydrogens is 201 g/mol. The summed E-state index contributed by atoms with van der Waals surface area (Å²) in [5.74, 6) is -0.530. The van der Waals surface area contributed by atoms with Crippen molar-refractivity contribution in [3.05, 3.63) is 17.8 Å². The van der Waals surface area contributed by atoms with Crippen molar-refractivity contribution in [3.63, 3.8) is 0 Å². The second-order valence-corrected chi connectivity index (χ2v) is 2.42. The molecule has 78 valence electrons. The van der Waals surface area contributed by atoms with E-state index in [1.165, 1.54) is 0 Å². The number of aliphatic hydroxyl groups is 1. The second kappa shape index (κ2) is 3.70. The summed E-state index contributed by atoms with van der Waals surface area (Å²) in [6.45, 7) is -0.492. The van der Waals surface area contributed by atoms with Crippen molar-refractivity contribution in [3.8, 4) is 5.75 Å². The number of alkyl halides is 3. The van der Waals surface area contributed by atoms with Crippen molar-refractivity contribution in [2.45, 2.75) is 13.0 Å². The Morgan fingerprint density at radius 1 is 1.50 bits per heavy atom. The minimum absolute atomic E-state index is 0.0259. The van der Waals surface area contributed by atoms with Crippen molar-refractivity contribution in [1.82, 2.24) is 4.98 Å². The van der Waals surface area contributed by atoms with Crippen molar-refractivity contribution < 1.29 is 23.0 Å². The third kappa shape index (κ3) is 2.77. The normalized spacial score (nSPS) is 11.4. The Morgan fingerprint density at radius 2 is 2.14 bits per heavy atom. The average Bonchev–Trinajstić information content (AvgIpc) is 2.06. The predicted molar refractivity (Wildman–Crippen MR) is 41.3 cm³/mol. The molecule has 1 aromatic heterocycles. The van der Waals surface area contributed by atoms with Crippen molar-refractivity contribution >= 4 is 5.82 Å². The molecule has 0 saturated carbocycles. The van der Waals surface area contributed by atoms with Crippen molar-refractivity contribution in [2.24, 2.45) is 0 Å². The fourth-order valence-corrected chi connectivity index (χ4v) is 0.815. The van der Waals surface area contributed by atoms with Gasteiger partial charge in [-0.2, -0.15) is 0 Å². The van der Waals surface area contributed by atoms with Crippen LogP contribution in [0, 0.1) is 0 Å². The number of hydrogen-bond acceptors (Lipinski definition) is 4. The van der Waals surface area contributed by atoms with Gasteiger partial charge in [0.05, 0.1) is 12.8 Å². The lowest BCUT2D eigenvalue weighted by Gasteiger charge is -2.09. The first-order chi connectivity index (χ1) is 6.42. The van der Waals surface area contributed by atoms with Crippen LogP contribution in [0.15, 0.2) is 12.3 Å². The minimum atomic E-state index is -4.77. The third-order valence-electron chi connectivity index (χ3n) is 1.38. The van der Waals surface area contributed by atoms with E-state index in [4.69, 9.17) is 10.8 Å². The highest BCUT2D eigenvalue weighted by Gasteiger charge is 2.31. The van der Waals surface area contributed by atoms with Crippen LogP contribution < -0.4 is 10.5 Å². The van der Waals surface area contributed by atoms with E-state index >= 15 is 0 Å². The van der Waals surface area contributed by atoms with Gasteiger partial charge in [0.1, 0.15) is 11.6 Å². The number of rotatable bonds is 2. The van der Waals surface area contributed by atoms with Crippen LogP contribution >= 0.6 is 0 Å². The van der Waals surface area contributed by atoms with Crippen molar-refractivity contribution in [1.29, 1.82) is 0 Å². The third-order valence-corrected chi connectivity index (χ3v) is 1.38. The summed E-state index contributed by atoms with van der Waals surface area (Å²) in [6.07, 6.45) is -3.94. The molecule has 0 fully saturated rings. The summed E-state index contributed by atoms with van der Waals surface area (Å²) < 4.78 is 38.8. The molecule has 14 heavy (non-hydrogen) atoms. The van der Waals surface area contributed by atoms with E-state index in [1.807, 2.05) is 0 Å². The maximum atomic E-state index is 11.7. The topological polar surface area (TPSA) is 68.4 Å². The smallest absolute Gasteiger partial charge is 0.404 e. The van der Waals surface area contributed by atoms with E-state index in [0.29, 0.717) is 0 Å². The Labute approximate surface area is 77.1 Å². The predicted octanol–water partition coefficient (Wildman–Crippen LogP) is 1.05. The molecule has 1 aromatic rings. The lowest BCUT2D eigenvalue weighted by Crippen LogP contribution is -2.17. The lowest BCUT2D eigenvalue weighted by atomic mass is 10.2. The van der Waals surface area contributed by atoms with E-state index in [0.717, 1.165) is 12.3 Å². The number of nitrogens with zero attached hydrogens (tertiary/aromatic N) is 1. The zero-order valence-corrected chi connectivity index (χ0v) is 6.88. The monoisotopic (exact) mass is 208 g/mol. The summed E-state index contributed by atoms with van der Waals surface area (Å²) in [5.41, 5.74) is 5.35. The molecule has 0 aliphatic carbocycles. The van der Waals surface area contributed by atoms with Gasteiger partial charge in [0.2, 0.25) is 0 Å². The first-order valence-electron chi connectivity index (χ1n) is 3.53. The summed E-state index contributed by atoms with van der Waals surface area (Å²) in [7, 11) is 0. The van der Waals surface area contributed by atoms with Crippen molar-refractivity contribution in [2.75, 3.05) is 5.73 Å². The molecule has 7 heteroatoms. The Bertz CT molecular complexity index is 327. The SMILES string of the molecule is Nc1ncc(OC(F)(F)F)cc1CO. The lowest BCUT2D eigenvalue weighted by molar-refractivity contribution is -0.274. The number of hydrogen-bond donors (Lipinski definition) is 2. The molecule has 0 aliphatic heterocycles. The number of anilines is 1. The highest BCUT2D eigenvalue weighted by Crippen LogP contribution is 2.24. The van der Waals surface area contributed by atoms with Gasteiger partial charge in [-0.25, -0.2) is 4.98 Å². The number of nitrogen functional groups attached to an aromatic ring is 1. The molecule has 0 atom stereocenters. The Balaban J connectivity index is 2.90. The molecule has 0 aromatic carbocycles. The zero-order chi connectivity index (χ0) is 10.8. The van der Waals surface area contributed by atoms with E-state index in [9.17, 15) is 13.2 Å². The Hall–Kier alpha value is -1.50. The summed E-state index contributed by atoms with van der Waals surface area (Å²) >= 11 is 0. The molecular formula is C7H7F3N2O2. The van der Waals surface area contributed by atoms with Gasteiger partial charge in [-0.1, -0.05) is 0 Å². The molecule has 0 saturated heterocycles. The highest BCUT2D eigenvalue weighted by atomic mass is 19.4. The van der Waals surface area contributed by atoms with Gasteiger partial charge in [-0.05, 0) is 6.07 Å². The molecule has 0 unspecified atom stereocenters. The molecule has 0 aliphatic rings. The largest absolute Gasteiger partial charge is 0.573 e. The molecule has 0 spiro atoms. The maximum absolute atomic E-state index is 11.7. The first kappa shape index (κ1) is 10.6. The standard InChI is InChI=1S/C7H7F3N2O2/c8-7(9,10)14-5-1-4(3-13)6(11)12-2-5/h1-2,13H,3H2,(H2,11,12). The van der Waals surface area contributed by atoms with Crippen LogP contribution in [0.4, 0.5) is 19.0 Å². The van der Waals surface area contributed by atoms with E-state index < -0.39 is 18.7 Å². The van der Waals surface area contributed by atoms with Gasteiger partial charge in [0, 0.05) is 5.56 Å². The number of nitrogens with two attached hydrogens (primary N) is 1. The Morgan fingerprint density at radius 3 is 2.64 bits per heavy atom. The Kier molecular flexibility index (Phi) is 2.80. The number of aromatic nitrogens is 1. The van der Waals surface area contributed by atoms with Gasteiger partial charge in [0.15, 0.2) is 0 Å². The molecule has 0 bridgehead atoms. The van der Waals surface area contributed by atoms with Gasteiger partial charge >= 0.3 is 6.36 Å². The maximum Gasteiger partial charge on any atom is 0.573 e. The van der Waals surface area contributed by atoms with Crippen LogP contribution in [0.2, 0.25) is 0 Å². The van der Waals surface area contributed by atoms with Crippen LogP contribution in [0.3, 0.4) is 0 Å². The molecule has 0 amide bonds. The van der Waals surface area contributed by atoms with Crippen LogP contribution in [-0.4, -0.2) is 16.5 Å². The molecule has 3 N–H and O–H groups in total. The zero-order valence-electron chi connectivity index (χ0n) is 6.88. The van der Waals surface area contributed by atoms with Gasteiger partial charge < -0.3 is 15.6 Å². The van der Waals surface area contributed by atoms with Crippen LogP contribution in [0.5, 0.6) is 5.75 Å². The van der Waals surface area contributed by atoms with Crippen LogP contribution in [0.25, 0.3) is 0 Å². The molecule has 0 radical (unpaired) electrons. The summed E-state index contributed by atoms with van der Waals surface area (Å²) in [5, 5.41) is 8.68. The summed E-state index contributed by atoms with van der Waals surface area (Å²) in [4.78, 5) is 3.43. The fraction of sp³-hybridized carbons (Fsp3) is 0.286.